The first-order chi connectivity index (χ1) is 13.0. The summed E-state index contributed by atoms with van der Waals surface area (Å²) < 4.78 is 5.21. The van der Waals surface area contributed by atoms with E-state index >= 15 is 0 Å². The second kappa shape index (κ2) is 9.05. The second-order valence-corrected chi connectivity index (χ2v) is 7.40. The van der Waals surface area contributed by atoms with Crippen LogP contribution in [0.2, 0.25) is 5.02 Å². The fourth-order valence-corrected chi connectivity index (χ4v) is 3.96. The van der Waals surface area contributed by atoms with Gasteiger partial charge in [0.25, 0.3) is 0 Å². The number of hydrogen-bond donors (Lipinski definition) is 1. The van der Waals surface area contributed by atoms with Gasteiger partial charge in [0.2, 0.25) is 6.10 Å². The quantitative estimate of drug-likeness (QED) is 0.689. The van der Waals surface area contributed by atoms with Crippen molar-refractivity contribution >= 4 is 23.5 Å². The first kappa shape index (κ1) is 19.4. The molecule has 1 fully saturated rings. The van der Waals surface area contributed by atoms with Gasteiger partial charge in [-0.2, -0.15) is 0 Å². The molecule has 0 amide bonds. The van der Waals surface area contributed by atoms with Gasteiger partial charge in [-0.15, -0.1) is 0 Å². The molecule has 2 aromatic carbocycles. The summed E-state index contributed by atoms with van der Waals surface area (Å²) >= 11 is 6.47. The van der Waals surface area contributed by atoms with E-state index in [2.05, 4.69) is 0 Å². The molecule has 0 aromatic heterocycles. The largest absolute Gasteiger partial charge is 0.478 e. The SMILES string of the molecule is O=C(OC(Cc1ccc(C2CCCCC2)c(Cl)c1)C(=O)O)c1ccccc1. The molecule has 3 rings (SSSR count). The van der Waals surface area contributed by atoms with Crippen molar-refractivity contribution in [1.82, 2.24) is 0 Å². The molecule has 1 atom stereocenters. The van der Waals surface area contributed by atoms with Crippen molar-refractivity contribution in [2.45, 2.75) is 50.5 Å². The highest BCUT2D eigenvalue weighted by molar-refractivity contribution is 6.31. The van der Waals surface area contributed by atoms with Crippen LogP contribution >= 0.6 is 11.6 Å². The fourth-order valence-electron chi connectivity index (χ4n) is 3.61. The van der Waals surface area contributed by atoms with Gasteiger partial charge in [-0.25, -0.2) is 9.59 Å². The Morgan fingerprint density at radius 2 is 1.78 bits per heavy atom. The number of esters is 1. The first-order valence-corrected chi connectivity index (χ1v) is 9.69. The molecule has 0 aliphatic heterocycles. The van der Waals surface area contributed by atoms with Gasteiger partial charge in [0, 0.05) is 11.4 Å². The molecular weight excluding hydrogens is 364 g/mol. The molecule has 2 aromatic rings. The Hall–Kier alpha value is -2.33. The van der Waals surface area contributed by atoms with Crippen LogP contribution in [0.1, 0.15) is 59.5 Å². The molecule has 1 saturated carbocycles. The third-order valence-corrected chi connectivity index (χ3v) is 5.39. The topological polar surface area (TPSA) is 63.6 Å². The highest BCUT2D eigenvalue weighted by atomic mass is 35.5. The van der Waals surface area contributed by atoms with Gasteiger partial charge in [-0.3, -0.25) is 0 Å². The molecule has 0 saturated heterocycles. The molecule has 1 N–H and O–H groups in total. The zero-order valence-corrected chi connectivity index (χ0v) is 15.8. The lowest BCUT2D eigenvalue weighted by Gasteiger charge is -2.23. The number of halogens is 1. The third kappa shape index (κ3) is 5.10. The molecule has 27 heavy (non-hydrogen) atoms. The lowest BCUT2D eigenvalue weighted by Crippen LogP contribution is -2.29. The van der Waals surface area contributed by atoms with Crippen molar-refractivity contribution in [3.8, 4) is 0 Å². The number of carboxylic acid groups (broad SMARTS) is 1. The molecule has 0 spiro atoms. The Morgan fingerprint density at radius 3 is 2.41 bits per heavy atom. The molecule has 142 valence electrons. The number of ether oxygens (including phenoxy) is 1. The highest BCUT2D eigenvalue weighted by Crippen LogP contribution is 2.36. The third-order valence-electron chi connectivity index (χ3n) is 5.07. The van der Waals surface area contributed by atoms with Crippen LogP contribution < -0.4 is 0 Å². The highest BCUT2D eigenvalue weighted by Gasteiger charge is 2.24. The van der Waals surface area contributed by atoms with E-state index in [0.717, 1.165) is 24.0 Å². The van der Waals surface area contributed by atoms with Crippen LogP contribution in [0.4, 0.5) is 0 Å². The Bertz CT molecular complexity index is 797. The lowest BCUT2D eigenvalue weighted by atomic mass is 9.83. The number of carbonyl (C=O) groups is 2. The van der Waals surface area contributed by atoms with Crippen LogP contribution in [0.3, 0.4) is 0 Å². The second-order valence-electron chi connectivity index (χ2n) is 6.99. The Kier molecular flexibility index (Phi) is 6.51. The number of hydrogen-bond acceptors (Lipinski definition) is 3. The molecule has 5 heteroatoms. The molecule has 4 nitrogen and oxygen atoms in total. The predicted octanol–water partition coefficient (Wildman–Crippen LogP) is 5.24. The van der Waals surface area contributed by atoms with Crippen LogP contribution in [0.5, 0.6) is 0 Å². The van der Waals surface area contributed by atoms with E-state index in [1.54, 1.807) is 36.4 Å². The number of carboxylic acids is 1. The smallest absolute Gasteiger partial charge is 0.345 e. The Morgan fingerprint density at radius 1 is 1.07 bits per heavy atom. The Labute approximate surface area is 164 Å². The molecule has 0 bridgehead atoms. The number of benzene rings is 2. The predicted molar refractivity (Wildman–Crippen MR) is 104 cm³/mol. The van der Waals surface area contributed by atoms with Crippen LogP contribution in [0, 0.1) is 0 Å². The summed E-state index contributed by atoms with van der Waals surface area (Å²) in [5.74, 6) is -1.34. The van der Waals surface area contributed by atoms with E-state index in [0.29, 0.717) is 16.5 Å². The minimum absolute atomic E-state index is 0.0819. The van der Waals surface area contributed by atoms with E-state index in [-0.39, 0.29) is 6.42 Å². The van der Waals surface area contributed by atoms with Crippen LogP contribution in [-0.4, -0.2) is 23.1 Å². The van der Waals surface area contributed by atoms with Gasteiger partial charge in [0.1, 0.15) is 0 Å². The van der Waals surface area contributed by atoms with Gasteiger partial charge in [-0.05, 0) is 48.1 Å². The van der Waals surface area contributed by atoms with Gasteiger partial charge in [-0.1, -0.05) is 61.2 Å². The maximum absolute atomic E-state index is 12.2. The normalized spacial score (nSPS) is 15.9. The van der Waals surface area contributed by atoms with Crippen molar-refractivity contribution < 1.29 is 19.4 Å². The van der Waals surface area contributed by atoms with Crippen molar-refractivity contribution in [2.24, 2.45) is 0 Å². The average molecular weight is 387 g/mol. The van der Waals surface area contributed by atoms with Gasteiger partial charge in [0.15, 0.2) is 0 Å². The van der Waals surface area contributed by atoms with Gasteiger partial charge in [0.05, 0.1) is 5.56 Å². The van der Waals surface area contributed by atoms with Crippen LogP contribution in [0.15, 0.2) is 48.5 Å². The minimum atomic E-state index is -1.26. The van der Waals surface area contributed by atoms with E-state index in [1.807, 2.05) is 12.1 Å². The van der Waals surface area contributed by atoms with Crippen molar-refractivity contribution in [3.63, 3.8) is 0 Å². The van der Waals surface area contributed by atoms with Crippen LogP contribution in [0.25, 0.3) is 0 Å². The fraction of sp³-hybridized carbons (Fsp3) is 0.364. The number of carbonyl (C=O) groups excluding carboxylic acids is 1. The summed E-state index contributed by atoms with van der Waals surface area (Å²) in [5.41, 5.74) is 2.20. The first-order valence-electron chi connectivity index (χ1n) is 9.32. The molecule has 1 aliphatic carbocycles. The number of rotatable bonds is 6. The standard InChI is InChI=1S/C22H23ClO4/c23-19-13-15(11-12-18(19)16-7-3-1-4-8-16)14-20(21(24)25)27-22(26)17-9-5-2-6-10-17/h2,5-6,9-13,16,20H,1,3-4,7-8,14H2,(H,24,25). The van der Waals surface area contributed by atoms with Crippen molar-refractivity contribution in [2.75, 3.05) is 0 Å². The number of aliphatic carboxylic acids is 1. The van der Waals surface area contributed by atoms with E-state index in [9.17, 15) is 14.7 Å². The lowest BCUT2D eigenvalue weighted by molar-refractivity contribution is -0.147. The van der Waals surface area contributed by atoms with E-state index < -0.39 is 18.0 Å². The van der Waals surface area contributed by atoms with E-state index in [4.69, 9.17) is 16.3 Å². The monoisotopic (exact) mass is 386 g/mol. The van der Waals surface area contributed by atoms with E-state index in [1.165, 1.54) is 19.3 Å². The average Bonchev–Trinajstić information content (AvgIpc) is 2.69. The molecular formula is C22H23ClO4. The molecule has 1 aliphatic rings. The maximum Gasteiger partial charge on any atom is 0.345 e. The zero-order chi connectivity index (χ0) is 19.2. The molecule has 0 heterocycles. The minimum Gasteiger partial charge on any atom is -0.478 e. The summed E-state index contributed by atoms with van der Waals surface area (Å²) in [5, 5.41) is 10.1. The maximum atomic E-state index is 12.2. The van der Waals surface area contributed by atoms with Gasteiger partial charge >= 0.3 is 11.9 Å². The molecule has 1 unspecified atom stereocenters. The van der Waals surface area contributed by atoms with Crippen molar-refractivity contribution in [1.29, 1.82) is 0 Å². The summed E-state index contributed by atoms with van der Waals surface area (Å²) in [6.45, 7) is 0. The molecule has 0 radical (unpaired) electrons. The van der Waals surface area contributed by atoms with Crippen LogP contribution in [-0.2, 0) is 16.0 Å². The van der Waals surface area contributed by atoms with Gasteiger partial charge < -0.3 is 9.84 Å². The summed E-state index contributed by atoms with van der Waals surface area (Å²) in [6, 6.07) is 14.1. The summed E-state index contributed by atoms with van der Waals surface area (Å²) in [4.78, 5) is 23.7. The van der Waals surface area contributed by atoms with Crippen molar-refractivity contribution in [3.05, 3.63) is 70.2 Å². The summed E-state index contributed by atoms with van der Waals surface area (Å²) in [6.07, 6.45) is 4.84. The zero-order valence-electron chi connectivity index (χ0n) is 15.1. The Balaban J connectivity index is 1.70. The summed E-state index contributed by atoms with van der Waals surface area (Å²) in [7, 11) is 0.